The zero-order valence-electron chi connectivity index (χ0n) is 17.5. The smallest absolute Gasteiger partial charge is 0.226 e. The summed E-state index contributed by atoms with van der Waals surface area (Å²) in [5, 5.41) is 20.2. The van der Waals surface area contributed by atoms with Crippen LogP contribution < -0.4 is 5.73 Å². The van der Waals surface area contributed by atoms with E-state index < -0.39 is 23.5 Å². The molecule has 4 nitrogen and oxygen atoms in total. The topological polar surface area (TPSA) is 83.6 Å². The van der Waals surface area contributed by atoms with Gasteiger partial charge in [0.15, 0.2) is 0 Å². The van der Waals surface area contributed by atoms with E-state index in [1.807, 2.05) is 43.4 Å². The van der Waals surface area contributed by atoms with E-state index in [2.05, 4.69) is 11.8 Å². The van der Waals surface area contributed by atoms with Crippen molar-refractivity contribution in [2.75, 3.05) is 0 Å². The molecular formula is C24H33NO3. The second-order valence-electron chi connectivity index (χ2n) is 7.04. The lowest BCUT2D eigenvalue weighted by Crippen LogP contribution is -2.42. The second kappa shape index (κ2) is 13.5. The lowest BCUT2D eigenvalue weighted by molar-refractivity contribution is -0.130. The van der Waals surface area contributed by atoms with E-state index in [1.54, 1.807) is 52.0 Å². The number of hydrogen-bond acceptors (Lipinski definition) is 3. The third-order valence-corrected chi connectivity index (χ3v) is 4.09. The number of nitrogens with two attached hydrogens (primary N) is 1. The van der Waals surface area contributed by atoms with Gasteiger partial charge in [-0.3, -0.25) is 4.79 Å². The van der Waals surface area contributed by atoms with E-state index in [0.717, 1.165) is 5.57 Å². The lowest BCUT2D eigenvalue weighted by Gasteiger charge is -2.27. The summed E-state index contributed by atoms with van der Waals surface area (Å²) in [5.74, 6) is 5.04. The molecule has 4 N–H and O–H groups in total. The molecule has 0 aliphatic carbocycles. The van der Waals surface area contributed by atoms with Crippen molar-refractivity contribution in [2.24, 2.45) is 11.1 Å². The number of allylic oxidation sites excluding steroid dienone is 9. The standard InChI is InChI=1S/C24H33NO3/c1-6-7-8-9-10-14-17-21(26)18-19(2)15-12-11-13-16-20(3)22(27)24(4,5)23(25)28/h8-16,18,21-22,26-27H,17H2,1-5H3,(H2,25,28)/b9-8-,13-11-,14-10+,15-12+,19-18+,20-16-/t21-,22-/m1/s1. The van der Waals surface area contributed by atoms with Gasteiger partial charge in [0.2, 0.25) is 5.91 Å². The van der Waals surface area contributed by atoms with E-state index in [9.17, 15) is 15.0 Å². The fourth-order valence-corrected chi connectivity index (χ4v) is 2.18. The van der Waals surface area contributed by atoms with Crippen molar-refractivity contribution in [3.8, 4) is 11.8 Å². The van der Waals surface area contributed by atoms with Crippen LogP contribution in [0.3, 0.4) is 0 Å². The average Bonchev–Trinajstić information content (AvgIpc) is 2.63. The van der Waals surface area contributed by atoms with E-state index in [4.69, 9.17) is 5.73 Å². The van der Waals surface area contributed by atoms with Crippen LogP contribution in [0.15, 0.2) is 71.9 Å². The van der Waals surface area contributed by atoms with E-state index in [-0.39, 0.29) is 0 Å². The van der Waals surface area contributed by atoms with Crippen LogP contribution in [0.4, 0.5) is 0 Å². The summed E-state index contributed by atoms with van der Waals surface area (Å²) in [4.78, 5) is 11.4. The molecule has 0 saturated heterocycles. The Morgan fingerprint density at radius 2 is 1.79 bits per heavy atom. The van der Waals surface area contributed by atoms with Gasteiger partial charge in [0.1, 0.15) is 0 Å². The van der Waals surface area contributed by atoms with Crippen LogP contribution in [0.1, 0.15) is 41.0 Å². The minimum absolute atomic E-state index is 0.528. The van der Waals surface area contributed by atoms with Crippen LogP contribution in [-0.2, 0) is 4.79 Å². The predicted octanol–water partition coefficient (Wildman–Crippen LogP) is 3.75. The van der Waals surface area contributed by atoms with Gasteiger partial charge in [-0.15, -0.1) is 5.92 Å². The molecule has 0 radical (unpaired) electrons. The molecule has 152 valence electrons. The van der Waals surface area contributed by atoms with Gasteiger partial charge < -0.3 is 15.9 Å². The Morgan fingerprint density at radius 3 is 2.39 bits per heavy atom. The van der Waals surface area contributed by atoms with Gasteiger partial charge in [-0.05, 0) is 52.7 Å². The Labute approximate surface area is 169 Å². The molecule has 0 saturated carbocycles. The summed E-state index contributed by atoms with van der Waals surface area (Å²) in [6.45, 7) is 8.67. The second-order valence-corrected chi connectivity index (χ2v) is 7.04. The lowest BCUT2D eigenvalue weighted by atomic mass is 9.82. The normalized spacial score (nSPS) is 16.1. The van der Waals surface area contributed by atoms with Gasteiger partial charge in [-0.1, -0.05) is 66.2 Å². The highest BCUT2D eigenvalue weighted by atomic mass is 16.3. The Morgan fingerprint density at radius 1 is 1.11 bits per heavy atom. The minimum atomic E-state index is -1.02. The fourth-order valence-electron chi connectivity index (χ4n) is 2.18. The first-order valence-electron chi connectivity index (χ1n) is 9.22. The molecule has 28 heavy (non-hydrogen) atoms. The van der Waals surface area contributed by atoms with E-state index in [0.29, 0.717) is 12.0 Å². The van der Waals surface area contributed by atoms with Crippen molar-refractivity contribution >= 4 is 5.91 Å². The highest BCUT2D eigenvalue weighted by Crippen LogP contribution is 2.25. The number of carbonyl (C=O) groups is 1. The third kappa shape index (κ3) is 10.5. The van der Waals surface area contributed by atoms with Crippen molar-refractivity contribution in [3.05, 3.63) is 71.9 Å². The predicted molar refractivity (Wildman–Crippen MR) is 117 cm³/mol. The summed E-state index contributed by atoms with van der Waals surface area (Å²) in [6, 6.07) is 0. The molecule has 0 spiro atoms. The van der Waals surface area contributed by atoms with Crippen LogP contribution >= 0.6 is 0 Å². The molecule has 0 aromatic carbocycles. The summed E-state index contributed by atoms with van der Waals surface area (Å²) >= 11 is 0. The highest BCUT2D eigenvalue weighted by molar-refractivity contribution is 5.81. The highest BCUT2D eigenvalue weighted by Gasteiger charge is 2.34. The SMILES string of the molecule is CC#C/C=C\C=C\C[C@@H](O)/C=C(C)/C=C/C=C\C=C(\C)[C@@H](O)C(C)(C)C(N)=O. The molecule has 0 heterocycles. The number of primary amides is 1. The van der Waals surface area contributed by atoms with Crippen LogP contribution in [0.2, 0.25) is 0 Å². The average molecular weight is 384 g/mol. The molecule has 0 aromatic rings. The number of rotatable bonds is 10. The number of hydrogen-bond donors (Lipinski definition) is 3. The van der Waals surface area contributed by atoms with Crippen LogP contribution in [0.5, 0.6) is 0 Å². The number of carbonyl (C=O) groups excluding carboxylic acids is 1. The van der Waals surface area contributed by atoms with Crippen LogP contribution in [0.25, 0.3) is 0 Å². The van der Waals surface area contributed by atoms with Crippen molar-refractivity contribution in [3.63, 3.8) is 0 Å². The number of aliphatic hydroxyl groups is 2. The molecule has 0 rings (SSSR count). The third-order valence-electron chi connectivity index (χ3n) is 4.09. The van der Waals surface area contributed by atoms with Gasteiger partial charge in [-0.2, -0.15) is 0 Å². The van der Waals surface area contributed by atoms with Crippen LogP contribution in [0, 0.1) is 17.3 Å². The Hall–Kier alpha value is -2.61. The zero-order chi connectivity index (χ0) is 21.6. The molecule has 0 fully saturated rings. The zero-order valence-corrected chi connectivity index (χ0v) is 17.5. The first-order valence-corrected chi connectivity index (χ1v) is 9.22. The van der Waals surface area contributed by atoms with Gasteiger partial charge in [0.25, 0.3) is 0 Å². The summed E-state index contributed by atoms with van der Waals surface area (Å²) < 4.78 is 0. The Balaban J connectivity index is 4.64. The molecular weight excluding hydrogens is 350 g/mol. The molecule has 0 unspecified atom stereocenters. The van der Waals surface area contributed by atoms with Gasteiger partial charge >= 0.3 is 0 Å². The van der Waals surface area contributed by atoms with Gasteiger partial charge in [-0.25, -0.2) is 0 Å². The molecule has 0 aliphatic rings. The van der Waals surface area contributed by atoms with E-state index >= 15 is 0 Å². The number of aliphatic hydroxyl groups excluding tert-OH is 2. The van der Waals surface area contributed by atoms with Crippen molar-refractivity contribution in [1.82, 2.24) is 0 Å². The summed E-state index contributed by atoms with van der Waals surface area (Å²) in [6.07, 6.45) is 17.2. The maximum absolute atomic E-state index is 11.4. The fraction of sp³-hybridized carbons (Fsp3) is 0.375. The largest absolute Gasteiger partial charge is 0.389 e. The Bertz CT molecular complexity index is 738. The molecule has 0 aliphatic heterocycles. The van der Waals surface area contributed by atoms with Crippen molar-refractivity contribution in [1.29, 1.82) is 0 Å². The van der Waals surface area contributed by atoms with Gasteiger partial charge in [0.05, 0.1) is 17.6 Å². The molecule has 1 amide bonds. The first kappa shape index (κ1) is 25.4. The van der Waals surface area contributed by atoms with Crippen molar-refractivity contribution < 1.29 is 15.0 Å². The summed E-state index contributed by atoms with van der Waals surface area (Å²) in [5.41, 5.74) is 5.89. The van der Waals surface area contributed by atoms with E-state index in [1.165, 1.54) is 0 Å². The molecule has 2 atom stereocenters. The summed E-state index contributed by atoms with van der Waals surface area (Å²) in [7, 11) is 0. The Kier molecular flexibility index (Phi) is 12.3. The van der Waals surface area contributed by atoms with Gasteiger partial charge in [0, 0.05) is 0 Å². The molecule has 4 heteroatoms. The molecule has 0 aromatic heterocycles. The molecule has 0 bridgehead atoms. The maximum Gasteiger partial charge on any atom is 0.226 e. The first-order chi connectivity index (χ1) is 13.1. The monoisotopic (exact) mass is 383 g/mol. The van der Waals surface area contributed by atoms with Crippen LogP contribution in [-0.4, -0.2) is 28.3 Å². The number of amides is 1. The maximum atomic E-state index is 11.4. The quantitative estimate of drug-likeness (QED) is 0.397. The minimum Gasteiger partial charge on any atom is -0.389 e. The van der Waals surface area contributed by atoms with Crippen molar-refractivity contribution in [2.45, 2.75) is 53.2 Å².